The van der Waals surface area contributed by atoms with E-state index in [-0.39, 0.29) is 31.6 Å². The average molecular weight is 800 g/mol. The fourth-order valence-corrected chi connectivity index (χ4v) is 4.96. The molecule has 0 aliphatic carbocycles. The van der Waals surface area contributed by atoms with Crippen molar-refractivity contribution in [3.05, 3.63) is 156 Å². The molecule has 0 saturated carbocycles. The van der Waals surface area contributed by atoms with E-state index in [1.807, 2.05) is 126 Å². The van der Waals surface area contributed by atoms with Crippen LogP contribution in [0.25, 0.3) is 44.8 Å². The molecule has 0 spiro atoms. The van der Waals surface area contributed by atoms with Gasteiger partial charge in [0, 0.05) is 42.1 Å². The van der Waals surface area contributed by atoms with Crippen LogP contribution in [0.15, 0.2) is 128 Å². The maximum absolute atomic E-state index is 8.39. The van der Waals surface area contributed by atoms with Gasteiger partial charge in [-0.2, -0.15) is 0 Å². The number of aromatic nitrogens is 2. The van der Waals surface area contributed by atoms with Gasteiger partial charge in [0.15, 0.2) is 0 Å². The molecule has 0 aliphatic heterocycles. The number of hydrogen-bond acceptors (Lipinski definition) is 2. The van der Waals surface area contributed by atoms with E-state index < -0.39 is 25.0 Å². The Bertz CT molecular complexity index is 2110. The first-order valence-corrected chi connectivity index (χ1v) is 15.5. The van der Waals surface area contributed by atoms with Crippen LogP contribution >= 0.6 is 0 Å². The Morgan fingerprint density at radius 2 is 1.47 bits per heavy atom. The largest absolute Gasteiger partial charge is 0.305 e. The third-order valence-corrected chi connectivity index (χ3v) is 7.01. The minimum Gasteiger partial charge on any atom is -0.305 e. The predicted octanol–water partition coefficient (Wildman–Crippen LogP) is 11.5. The Kier molecular flexibility index (Phi) is 9.48. The SMILES string of the molecule is [2H]C([2H])([2H])c1c[c-]c(-c2ccc(C([2H])([2H])C(C)C)cn2)cc1-c1ccccc1.[2H]C([2H])(c1ccc(-c2ccnc(-c3[c-]cccc3)c2)cc1)C(C)(C)C.[Ir]. The normalized spacial score (nSPS) is 14.0. The van der Waals surface area contributed by atoms with Gasteiger partial charge in [-0.15, -0.1) is 65.2 Å². The molecule has 1 radical (unpaired) electrons. The predicted molar refractivity (Wildman–Crippen MR) is 194 cm³/mol. The molecule has 0 amide bonds. The Morgan fingerprint density at radius 3 is 2.11 bits per heavy atom. The molecule has 0 aliphatic rings. The van der Waals surface area contributed by atoms with Crippen LogP contribution in [-0.4, -0.2) is 9.97 Å². The van der Waals surface area contributed by atoms with Crippen LogP contribution in [0.4, 0.5) is 0 Å². The van der Waals surface area contributed by atoms with E-state index in [0.717, 1.165) is 27.9 Å². The molecule has 0 N–H and O–H groups in total. The second-order valence-corrected chi connectivity index (χ2v) is 12.4. The first kappa shape index (κ1) is 26.9. The zero-order valence-electron chi connectivity index (χ0n) is 34.4. The fourth-order valence-electron chi connectivity index (χ4n) is 4.96. The third-order valence-electron chi connectivity index (χ3n) is 7.01. The van der Waals surface area contributed by atoms with Crippen LogP contribution in [0.2, 0.25) is 0 Å². The molecule has 3 heteroatoms. The van der Waals surface area contributed by atoms with Crippen LogP contribution < -0.4 is 0 Å². The quantitative estimate of drug-likeness (QED) is 0.150. The van der Waals surface area contributed by atoms with Crippen LogP contribution in [0.3, 0.4) is 0 Å². The fraction of sp³-hybridized carbons (Fsp3) is 0.227. The second kappa shape index (κ2) is 16.6. The molecule has 4 aromatic carbocycles. The summed E-state index contributed by atoms with van der Waals surface area (Å²) in [6.45, 7) is 7.19. The van der Waals surface area contributed by atoms with E-state index in [1.54, 1.807) is 30.6 Å². The third kappa shape index (κ3) is 10.4. The van der Waals surface area contributed by atoms with Gasteiger partial charge in [0.25, 0.3) is 0 Å². The Balaban J connectivity index is 0.000000238. The molecule has 6 rings (SSSR count). The van der Waals surface area contributed by atoms with Crippen LogP contribution in [0, 0.1) is 30.3 Å². The Hall–Kier alpha value is -4.17. The van der Waals surface area contributed by atoms with Crippen molar-refractivity contribution < 1.29 is 29.7 Å². The van der Waals surface area contributed by atoms with Gasteiger partial charge >= 0.3 is 0 Å². The minimum atomic E-state index is -2.25. The van der Waals surface area contributed by atoms with Gasteiger partial charge in [-0.3, -0.25) is 0 Å². The molecule has 0 bridgehead atoms. The monoisotopic (exact) mass is 800 g/mol. The van der Waals surface area contributed by atoms with Crippen molar-refractivity contribution >= 4 is 0 Å². The summed E-state index contributed by atoms with van der Waals surface area (Å²) in [6.07, 6.45) is 0.500. The smallest absolute Gasteiger partial charge is 0.0321 e. The van der Waals surface area contributed by atoms with E-state index in [1.165, 1.54) is 6.07 Å². The summed E-state index contributed by atoms with van der Waals surface area (Å²) < 4.78 is 56.7. The number of benzene rings is 4. The van der Waals surface area contributed by atoms with Gasteiger partial charge in [-0.05, 0) is 69.4 Å². The molecule has 2 heterocycles. The van der Waals surface area contributed by atoms with Crippen molar-refractivity contribution in [3.8, 4) is 44.8 Å². The van der Waals surface area contributed by atoms with Gasteiger partial charge in [-0.25, -0.2) is 0 Å². The van der Waals surface area contributed by atoms with Crippen molar-refractivity contribution in [2.45, 2.75) is 54.2 Å². The summed E-state index contributed by atoms with van der Waals surface area (Å²) in [6, 6.07) is 41.9. The number of rotatable bonds is 7. The van der Waals surface area contributed by atoms with E-state index in [2.05, 4.69) is 22.1 Å². The van der Waals surface area contributed by atoms with Crippen molar-refractivity contribution in [2.24, 2.45) is 11.3 Å². The molecule has 6 aromatic rings. The number of aryl methyl sites for hydroxylation is 1. The second-order valence-electron chi connectivity index (χ2n) is 12.4. The number of hydrogen-bond donors (Lipinski definition) is 0. The first-order chi connectivity index (χ1) is 24.9. The van der Waals surface area contributed by atoms with Crippen molar-refractivity contribution in [1.82, 2.24) is 9.97 Å². The molecule has 0 saturated heterocycles. The molecule has 47 heavy (non-hydrogen) atoms. The van der Waals surface area contributed by atoms with Crippen molar-refractivity contribution in [3.63, 3.8) is 0 Å². The van der Waals surface area contributed by atoms with E-state index >= 15 is 0 Å². The minimum absolute atomic E-state index is 0. The van der Waals surface area contributed by atoms with Crippen LogP contribution in [0.1, 0.15) is 60.9 Å². The first-order valence-electron chi connectivity index (χ1n) is 19.0. The molecular weight excluding hydrogens is 749 g/mol. The molecule has 2 aromatic heterocycles. The topological polar surface area (TPSA) is 25.8 Å². The zero-order chi connectivity index (χ0) is 38.6. The average Bonchev–Trinajstić information content (AvgIpc) is 3.15. The van der Waals surface area contributed by atoms with Crippen molar-refractivity contribution in [1.29, 1.82) is 0 Å². The van der Waals surface area contributed by atoms with Gasteiger partial charge in [-0.1, -0.05) is 120 Å². The molecule has 0 atom stereocenters. The van der Waals surface area contributed by atoms with E-state index in [9.17, 15) is 0 Å². The molecule has 0 fully saturated rings. The summed E-state index contributed by atoms with van der Waals surface area (Å²) in [7, 11) is 0. The van der Waals surface area contributed by atoms with Crippen LogP contribution in [0.5, 0.6) is 0 Å². The number of pyridine rings is 2. The standard InChI is InChI=1S/2C22H22N.Ir/c1-16(2)13-18-10-12-22(23-15-18)20-11-9-17(3)21(14-20)19-7-5-4-6-8-19;1-22(2,3)16-17-9-11-18(12-10-17)20-13-14-23-21(15-20)19-7-5-4-6-8-19;/h4-10,12,14-16H,13H2,1-3H3;4-7,9-15H,16H2,1-3H3;/q2*-1;/i3D3,13D2;16D2;. The molecule has 0 unspecified atom stereocenters. The van der Waals surface area contributed by atoms with Crippen LogP contribution in [-0.2, 0) is 32.9 Å². The maximum atomic E-state index is 8.39. The van der Waals surface area contributed by atoms with Gasteiger partial charge in [0.1, 0.15) is 0 Å². The molecule has 241 valence electrons. The Morgan fingerprint density at radius 1 is 0.723 bits per heavy atom. The molecular formula is C44H44IrN2-2. The van der Waals surface area contributed by atoms with Crippen molar-refractivity contribution in [2.75, 3.05) is 0 Å². The van der Waals surface area contributed by atoms with Gasteiger partial charge in [0.05, 0.1) is 0 Å². The zero-order valence-corrected chi connectivity index (χ0v) is 29.8. The summed E-state index contributed by atoms with van der Waals surface area (Å²) in [5, 5.41) is 0. The summed E-state index contributed by atoms with van der Waals surface area (Å²) in [5.41, 5.74) is 7.70. The van der Waals surface area contributed by atoms with Gasteiger partial charge < -0.3 is 9.97 Å². The van der Waals surface area contributed by atoms with E-state index in [0.29, 0.717) is 27.9 Å². The molecule has 2 nitrogen and oxygen atoms in total. The summed E-state index contributed by atoms with van der Waals surface area (Å²) in [4.78, 5) is 8.85. The Labute approximate surface area is 305 Å². The van der Waals surface area contributed by atoms with E-state index in [4.69, 9.17) is 9.60 Å². The summed E-state index contributed by atoms with van der Waals surface area (Å²) >= 11 is 0. The summed E-state index contributed by atoms with van der Waals surface area (Å²) in [5.74, 6) is -0.171. The maximum Gasteiger partial charge on any atom is 0.0321 e. The van der Waals surface area contributed by atoms with Gasteiger partial charge in [0.2, 0.25) is 0 Å². The number of nitrogens with zero attached hydrogens (tertiary/aromatic N) is 2.